The largest absolute Gasteiger partial charge is 0.319 e. The second-order valence-electron chi connectivity index (χ2n) is 6.22. The Morgan fingerprint density at radius 2 is 1.84 bits per heavy atom. The first-order valence-corrected chi connectivity index (χ1v) is 7.58. The van der Waals surface area contributed by atoms with Gasteiger partial charge in [-0.1, -0.05) is 32.1 Å². The van der Waals surface area contributed by atoms with Crippen molar-refractivity contribution in [2.45, 2.75) is 69.2 Å². The quantitative estimate of drug-likeness (QED) is 0.859. The molecule has 0 unspecified atom stereocenters. The normalized spacial score (nSPS) is 23.6. The highest BCUT2D eigenvalue weighted by atomic mass is 16.1. The van der Waals surface area contributed by atoms with Crippen LogP contribution in [0.4, 0.5) is 0 Å². The summed E-state index contributed by atoms with van der Waals surface area (Å²) in [5, 5.41) is 0. The number of aromatic nitrogens is 2. The molecule has 2 aliphatic rings. The third-order valence-corrected chi connectivity index (χ3v) is 4.75. The highest BCUT2D eigenvalue weighted by molar-refractivity contribution is 5.15. The number of nitrogens with one attached hydrogen (secondary N) is 1. The van der Waals surface area contributed by atoms with Crippen molar-refractivity contribution in [3.05, 3.63) is 27.9 Å². The number of H-pyrrole nitrogens is 1. The van der Waals surface area contributed by atoms with Crippen molar-refractivity contribution < 1.29 is 0 Å². The summed E-state index contributed by atoms with van der Waals surface area (Å²) in [5.41, 5.74) is 7.00. The molecular weight excluding hydrogens is 238 g/mol. The van der Waals surface area contributed by atoms with Crippen LogP contribution >= 0.6 is 0 Å². The molecule has 0 bridgehead atoms. The van der Waals surface area contributed by atoms with Crippen molar-refractivity contribution in [3.8, 4) is 0 Å². The first-order valence-electron chi connectivity index (χ1n) is 7.58. The molecule has 0 atom stereocenters. The van der Waals surface area contributed by atoms with Gasteiger partial charge in [-0.2, -0.15) is 0 Å². The van der Waals surface area contributed by atoms with Crippen molar-refractivity contribution in [1.29, 1.82) is 0 Å². The Kier molecular flexibility index (Phi) is 3.44. The summed E-state index contributed by atoms with van der Waals surface area (Å²) in [4.78, 5) is 19.5. The van der Waals surface area contributed by atoms with E-state index in [1.807, 2.05) is 0 Å². The summed E-state index contributed by atoms with van der Waals surface area (Å²) >= 11 is 0. The highest BCUT2D eigenvalue weighted by Crippen LogP contribution is 2.35. The Balaban J connectivity index is 1.94. The molecule has 1 heterocycles. The summed E-state index contributed by atoms with van der Waals surface area (Å²) in [7, 11) is 0. The Morgan fingerprint density at radius 3 is 2.53 bits per heavy atom. The van der Waals surface area contributed by atoms with Crippen LogP contribution in [0.2, 0.25) is 0 Å². The Hall–Kier alpha value is -1.16. The monoisotopic (exact) mass is 261 g/mol. The molecule has 19 heavy (non-hydrogen) atoms. The minimum absolute atomic E-state index is 0.0395. The first kappa shape index (κ1) is 12.9. The molecule has 4 heteroatoms. The smallest absolute Gasteiger partial charge is 0.251 e. The average molecular weight is 261 g/mol. The van der Waals surface area contributed by atoms with E-state index in [2.05, 4.69) is 4.98 Å². The van der Waals surface area contributed by atoms with E-state index >= 15 is 0 Å². The van der Waals surface area contributed by atoms with Crippen molar-refractivity contribution in [1.82, 2.24) is 9.97 Å². The number of nitrogens with zero attached hydrogens (tertiary/aromatic N) is 1. The second kappa shape index (κ2) is 5.08. The molecule has 3 N–H and O–H groups in total. The van der Waals surface area contributed by atoms with E-state index in [9.17, 15) is 4.79 Å². The fourth-order valence-corrected chi connectivity index (χ4v) is 3.56. The van der Waals surface area contributed by atoms with Gasteiger partial charge in [0.25, 0.3) is 5.56 Å². The van der Waals surface area contributed by atoms with Gasteiger partial charge in [0.05, 0.1) is 11.2 Å². The molecular formula is C15H23N3O. The van der Waals surface area contributed by atoms with E-state index in [1.54, 1.807) is 6.07 Å². The zero-order valence-electron chi connectivity index (χ0n) is 11.5. The maximum Gasteiger partial charge on any atom is 0.251 e. The van der Waals surface area contributed by atoms with Crippen LogP contribution in [0.25, 0.3) is 0 Å². The van der Waals surface area contributed by atoms with Gasteiger partial charge in [0.2, 0.25) is 0 Å². The maximum atomic E-state index is 11.9. The van der Waals surface area contributed by atoms with Crippen LogP contribution in [0.1, 0.15) is 75.2 Å². The average Bonchev–Trinajstić information content (AvgIpc) is 2.93. The molecule has 104 valence electrons. The number of hydrogen-bond acceptors (Lipinski definition) is 3. The molecule has 0 aliphatic heterocycles. The minimum Gasteiger partial charge on any atom is -0.319 e. The van der Waals surface area contributed by atoms with Crippen molar-refractivity contribution in [3.63, 3.8) is 0 Å². The summed E-state index contributed by atoms with van der Waals surface area (Å²) in [6.45, 7) is 0. The zero-order valence-corrected chi connectivity index (χ0v) is 11.5. The molecule has 0 aromatic carbocycles. The van der Waals surface area contributed by atoms with Crippen LogP contribution in [0.15, 0.2) is 10.9 Å². The van der Waals surface area contributed by atoms with Crippen LogP contribution in [-0.2, 0) is 5.54 Å². The van der Waals surface area contributed by atoms with Crippen LogP contribution in [0, 0.1) is 0 Å². The van der Waals surface area contributed by atoms with Gasteiger partial charge in [0.1, 0.15) is 5.82 Å². The first-order chi connectivity index (χ1) is 9.17. The minimum atomic E-state index is -0.411. The van der Waals surface area contributed by atoms with Crippen LogP contribution < -0.4 is 11.3 Å². The predicted octanol–water partition coefficient (Wildman–Crippen LogP) is 2.55. The second-order valence-corrected chi connectivity index (χ2v) is 6.22. The molecule has 4 nitrogen and oxygen atoms in total. The number of aromatic amines is 1. The van der Waals surface area contributed by atoms with Gasteiger partial charge in [-0.25, -0.2) is 4.98 Å². The highest BCUT2D eigenvalue weighted by Gasteiger charge is 2.32. The molecule has 3 rings (SSSR count). The summed E-state index contributed by atoms with van der Waals surface area (Å²) in [5.74, 6) is 1.19. The lowest BCUT2D eigenvalue weighted by atomic mass is 9.82. The van der Waals surface area contributed by atoms with E-state index in [-0.39, 0.29) is 5.56 Å². The fraction of sp³-hybridized carbons (Fsp3) is 0.733. The predicted molar refractivity (Wildman–Crippen MR) is 75.0 cm³/mol. The third kappa shape index (κ3) is 2.59. The van der Waals surface area contributed by atoms with E-state index in [0.29, 0.717) is 5.92 Å². The molecule has 2 fully saturated rings. The van der Waals surface area contributed by atoms with E-state index in [1.165, 1.54) is 19.3 Å². The molecule has 0 saturated heterocycles. The molecule has 0 radical (unpaired) electrons. The summed E-state index contributed by atoms with van der Waals surface area (Å²) in [6, 6.07) is 1.67. The van der Waals surface area contributed by atoms with E-state index in [0.717, 1.165) is 50.0 Å². The molecule has 0 spiro atoms. The maximum absolute atomic E-state index is 11.9. The van der Waals surface area contributed by atoms with Gasteiger partial charge in [-0.15, -0.1) is 0 Å². The van der Waals surface area contributed by atoms with Gasteiger partial charge in [0.15, 0.2) is 0 Å². The van der Waals surface area contributed by atoms with Gasteiger partial charge in [-0.3, -0.25) is 4.79 Å². The van der Waals surface area contributed by atoms with Crippen LogP contribution in [0.5, 0.6) is 0 Å². The molecule has 2 aliphatic carbocycles. The lowest BCUT2D eigenvalue weighted by molar-refractivity contribution is 0.285. The van der Waals surface area contributed by atoms with Crippen LogP contribution in [-0.4, -0.2) is 9.97 Å². The fourth-order valence-electron chi connectivity index (χ4n) is 3.56. The lowest BCUT2D eigenvalue weighted by Crippen LogP contribution is -2.42. The topological polar surface area (TPSA) is 71.8 Å². The molecule has 1 aromatic heterocycles. The molecule has 1 aromatic rings. The lowest BCUT2D eigenvalue weighted by Gasteiger charge is -2.32. The molecule has 0 amide bonds. The van der Waals surface area contributed by atoms with E-state index in [4.69, 9.17) is 10.7 Å². The van der Waals surface area contributed by atoms with Crippen LogP contribution in [0.3, 0.4) is 0 Å². The van der Waals surface area contributed by atoms with Gasteiger partial charge >= 0.3 is 0 Å². The summed E-state index contributed by atoms with van der Waals surface area (Å²) < 4.78 is 0. The summed E-state index contributed by atoms with van der Waals surface area (Å²) in [6.07, 6.45) is 10.2. The van der Waals surface area contributed by atoms with E-state index < -0.39 is 5.54 Å². The number of nitrogens with two attached hydrogens (primary N) is 1. The standard InChI is InChI=1S/C15H23N3O/c16-15(8-4-1-5-9-15)14-17-12(10-13(19)18-14)11-6-2-3-7-11/h10-11H,1-9,16H2,(H,17,18,19). The van der Waals surface area contributed by atoms with Gasteiger partial charge < -0.3 is 10.7 Å². The number of rotatable bonds is 2. The molecule has 2 saturated carbocycles. The SMILES string of the molecule is NC1(c2nc(C3CCCC3)cc(=O)[nH]2)CCCCC1. The third-order valence-electron chi connectivity index (χ3n) is 4.75. The Morgan fingerprint density at radius 1 is 1.16 bits per heavy atom. The van der Waals surface area contributed by atoms with Gasteiger partial charge in [0, 0.05) is 12.0 Å². The van der Waals surface area contributed by atoms with Gasteiger partial charge in [-0.05, 0) is 25.7 Å². The number of hydrogen-bond donors (Lipinski definition) is 2. The Bertz CT molecular complexity index is 496. The van der Waals surface area contributed by atoms with Crippen molar-refractivity contribution in [2.75, 3.05) is 0 Å². The zero-order chi connectivity index (χ0) is 13.3. The van der Waals surface area contributed by atoms with Crippen molar-refractivity contribution >= 4 is 0 Å². The van der Waals surface area contributed by atoms with Crippen molar-refractivity contribution in [2.24, 2.45) is 5.73 Å². The Labute approximate surface area is 113 Å².